The van der Waals surface area contributed by atoms with Gasteiger partial charge in [0.2, 0.25) is 6.54 Å². The van der Waals surface area contributed by atoms with Crippen LogP contribution in [-0.2, 0) is 6.61 Å². The number of aromatic nitrogens is 3. The van der Waals surface area contributed by atoms with Crippen molar-refractivity contribution in [3.05, 3.63) is 104 Å². The monoisotopic (exact) mass is 535 g/mol. The van der Waals surface area contributed by atoms with Crippen LogP contribution >= 0.6 is 23.4 Å². The Labute approximate surface area is 222 Å². The first kappa shape index (κ1) is 26.0. The molecule has 1 heterocycles. The summed E-state index contributed by atoms with van der Waals surface area (Å²) in [5.74, 6) is 1.27. The van der Waals surface area contributed by atoms with Gasteiger partial charge in [-0.05, 0) is 42.8 Å². The number of rotatable bonds is 10. The number of para-hydroxylation sites is 1. The third kappa shape index (κ3) is 6.02. The number of hydrogen-bond donors (Lipinski definition) is 0. The van der Waals surface area contributed by atoms with E-state index in [0.29, 0.717) is 33.4 Å². The minimum Gasteiger partial charge on any atom is -0.493 e. The molecule has 9 nitrogen and oxygen atoms in total. The lowest BCUT2D eigenvalue weighted by Crippen LogP contribution is -2.12. The highest BCUT2D eigenvalue weighted by atomic mass is 35.5. The fourth-order valence-corrected chi connectivity index (χ4v) is 5.17. The Kier molecular flexibility index (Phi) is 8.28. The van der Waals surface area contributed by atoms with Gasteiger partial charge in [-0.1, -0.05) is 59.8 Å². The van der Waals surface area contributed by atoms with Crippen molar-refractivity contribution in [2.45, 2.75) is 23.9 Å². The molecule has 0 aliphatic rings. The summed E-state index contributed by atoms with van der Waals surface area (Å²) < 4.78 is 13.3. The average Bonchev–Trinajstić information content (AvgIpc) is 3.27. The van der Waals surface area contributed by atoms with Crippen LogP contribution in [0.15, 0.2) is 71.9 Å². The first-order valence-electron chi connectivity index (χ1n) is 11.2. The molecule has 188 valence electrons. The second kappa shape index (κ2) is 11.8. The standard InChI is InChI=1S/C26H22ClN5O4S/c1-17-29-30-26(32(17)21-10-4-3-5-11-21)37-24(15-31(33)34)20-12-22(27)25(23(13-20)35-2)36-16-19-9-7-6-8-18(19)14-28/h3-13,24H,15-16H2,1-2H3/t24-/m1/s1. The van der Waals surface area contributed by atoms with Crippen molar-refractivity contribution in [2.75, 3.05) is 13.7 Å². The first-order chi connectivity index (χ1) is 17.9. The fourth-order valence-electron chi connectivity index (χ4n) is 3.74. The van der Waals surface area contributed by atoms with Crippen molar-refractivity contribution in [1.82, 2.24) is 14.8 Å². The van der Waals surface area contributed by atoms with E-state index in [4.69, 9.17) is 21.1 Å². The van der Waals surface area contributed by atoms with Gasteiger partial charge in [-0.15, -0.1) is 10.2 Å². The molecule has 0 radical (unpaired) electrons. The first-order valence-corrected chi connectivity index (χ1v) is 12.4. The lowest BCUT2D eigenvalue weighted by Gasteiger charge is -2.18. The molecule has 1 aromatic heterocycles. The molecule has 11 heteroatoms. The van der Waals surface area contributed by atoms with Crippen LogP contribution in [0.3, 0.4) is 0 Å². The van der Waals surface area contributed by atoms with E-state index in [1.165, 1.54) is 18.9 Å². The van der Waals surface area contributed by atoms with Gasteiger partial charge in [0, 0.05) is 16.2 Å². The molecular weight excluding hydrogens is 514 g/mol. The molecule has 37 heavy (non-hydrogen) atoms. The number of nitriles is 1. The van der Waals surface area contributed by atoms with Gasteiger partial charge in [0.1, 0.15) is 17.7 Å². The molecule has 0 amide bonds. The highest BCUT2D eigenvalue weighted by Crippen LogP contribution is 2.43. The predicted molar refractivity (Wildman–Crippen MR) is 140 cm³/mol. The molecule has 1 atom stereocenters. The third-order valence-electron chi connectivity index (χ3n) is 5.51. The van der Waals surface area contributed by atoms with Crippen molar-refractivity contribution in [3.8, 4) is 23.3 Å². The zero-order valence-electron chi connectivity index (χ0n) is 20.0. The van der Waals surface area contributed by atoms with Crippen LogP contribution in [0.5, 0.6) is 11.5 Å². The number of nitro groups is 1. The van der Waals surface area contributed by atoms with Gasteiger partial charge in [-0.3, -0.25) is 14.7 Å². The smallest absolute Gasteiger partial charge is 0.220 e. The van der Waals surface area contributed by atoms with Gasteiger partial charge < -0.3 is 9.47 Å². The summed E-state index contributed by atoms with van der Waals surface area (Å²) in [6.45, 7) is 1.55. The van der Waals surface area contributed by atoms with Crippen LogP contribution < -0.4 is 9.47 Å². The molecule has 0 N–H and O–H groups in total. The second-order valence-electron chi connectivity index (χ2n) is 7.91. The van der Waals surface area contributed by atoms with Crippen molar-refractivity contribution >= 4 is 23.4 Å². The van der Waals surface area contributed by atoms with Gasteiger partial charge in [-0.25, -0.2) is 0 Å². The molecule has 0 aliphatic carbocycles. The summed E-state index contributed by atoms with van der Waals surface area (Å²) in [7, 11) is 1.47. The molecule has 0 saturated carbocycles. The Morgan fingerprint density at radius 3 is 2.59 bits per heavy atom. The number of thioether (sulfide) groups is 1. The summed E-state index contributed by atoms with van der Waals surface area (Å²) >= 11 is 7.80. The summed E-state index contributed by atoms with van der Waals surface area (Å²) in [6.07, 6.45) is 0. The summed E-state index contributed by atoms with van der Waals surface area (Å²) in [4.78, 5) is 11.2. The highest BCUT2D eigenvalue weighted by molar-refractivity contribution is 7.99. The number of nitrogens with zero attached hydrogens (tertiary/aromatic N) is 5. The van der Waals surface area contributed by atoms with Crippen LogP contribution in [0, 0.1) is 28.4 Å². The normalized spacial score (nSPS) is 11.5. The molecule has 4 rings (SSSR count). The topological polar surface area (TPSA) is 116 Å². The minimum atomic E-state index is -0.638. The summed E-state index contributed by atoms with van der Waals surface area (Å²) in [6, 6.07) is 22.1. The second-order valence-corrected chi connectivity index (χ2v) is 9.49. The van der Waals surface area contributed by atoms with Gasteiger partial charge in [0.15, 0.2) is 16.7 Å². The predicted octanol–water partition coefficient (Wildman–Crippen LogP) is 5.80. The number of methoxy groups -OCH3 is 1. The molecule has 0 unspecified atom stereocenters. The van der Waals surface area contributed by atoms with E-state index in [-0.39, 0.29) is 28.8 Å². The Morgan fingerprint density at radius 2 is 1.89 bits per heavy atom. The van der Waals surface area contributed by atoms with E-state index < -0.39 is 5.25 Å². The SMILES string of the molecule is COc1cc([C@@H](C[N+](=O)[O-])Sc2nnc(C)n2-c2ccccc2)cc(Cl)c1OCc1ccccc1C#N. The van der Waals surface area contributed by atoms with Crippen LogP contribution in [0.25, 0.3) is 5.69 Å². The molecule has 3 aromatic carbocycles. The van der Waals surface area contributed by atoms with Crippen molar-refractivity contribution < 1.29 is 14.4 Å². The fraction of sp³-hybridized carbons (Fsp3) is 0.192. The molecule has 0 saturated heterocycles. The van der Waals surface area contributed by atoms with E-state index in [0.717, 1.165) is 5.69 Å². The number of benzene rings is 3. The maximum atomic E-state index is 11.6. The highest BCUT2D eigenvalue weighted by Gasteiger charge is 2.26. The third-order valence-corrected chi connectivity index (χ3v) is 6.97. The maximum Gasteiger partial charge on any atom is 0.220 e. The number of hydrogen-bond acceptors (Lipinski definition) is 8. The quantitative estimate of drug-likeness (QED) is 0.142. The van der Waals surface area contributed by atoms with E-state index in [1.54, 1.807) is 30.3 Å². The van der Waals surface area contributed by atoms with Gasteiger partial charge in [0.25, 0.3) is 0 Å². The average molecular weight is 536 g/mol. The zero-order valence-corrected chi connectivity index (χ0v) is 21.6. The van der Waals surface area contributed by atoms with E-state index in [1.807, 2.05) is 47.9 Å². The molecular formula is C26H22ClN5O4S. The van der Waals surface area contributed by atoms with Crippen LogP contribution in [0.1, 0.15) is 27.8 Å². The molecule has 4 aromatic rings. The van der Waals surface area contributed by atoms with E-state index >= 15 is 0 Å². The van der Waals surface area contributed by atoms with Gasteiger partial charge in [0.05, 0.1) is 23.8 Å². The van der Waals surface area contributed by atoms with Gasteiger partial charge in [-0.2, -0.15) is 5.26 Å². The summed E-state index contributed by atoms with van der Waals surface area (Å²) in [5, 5.41) is 29.5. The lowest BCUT2D eigenvalue weighted by atomic mass is 10.1. The van der Waals surface area contributed by atoms with Crippen molar-refractivity contribution in [3.63, 3.8) is 0 Å². The zero-order chi connectivity index (χ0) is 26.4. The van der Waals surface area contributed by atoms with Crippen LogP contribution in [-0.4, -0.2) is 33.3 Å². The summed E-state index contributed by atoms with van der Waals surface area (Å²) in [5.41, 5.74) is 2.62. The van der Waals surface area contributed by atoms with Crippen LogP contribution in [0.4, 0.5) is 0 Å². The Hall–Kier alpha value is -4.07. The number of ether oxygens (including phenoxy) is 2. The maximum absolute atomic E-state index is 11.6. The largest absolute Gasteiger partial charge is 0.493 e. The lowest BCUT2D eigenvalue weighted by molar-refractivity contribution is -0.479. The van der Waals surface area contributed by atoms with E-state index in [2.05, 4.69) is 16.3 Å². The molecule has 0 fully saturated rings. The molecule has 0 bridgehead atoms. The molecule has 0 spiro atoms. The van der Waals surface area contributed by atoms with Crippen LogP contribution in [0.2, 0.25) is 5.02 Å². The Bertz CT molecular complexity index is 1460. The minimum absolute atomic E-state index is 0.103. The Balaban J connectivity index is 1.66. The van der Waals surface area contributed by atoms with E-state index in [9.17, 15) is 15.4 Å². The van der Waals surface area contributed by atoms with Crippen molar-refractivity contribution in [1.29, 1.82) is 5.26 Å². The number of halogens is 1. The van der Waals surface area contributed by atoms with Gasteiger partial charge >= 0.3 is 0 Å². The van der Waals surface area contributed by atoms with Crippen molar-refractivity contribution in [2.24, 2.45) is 0 Å². The molecule has 0 aliphatic heterocycles. The Morgan fingerprint density at radius 1 is 1.16 bits per heavy atom. The number of aryl methyl sites for hydroxylation is 1.